The van der Waals surface area contributed by atoms with E-state index in [1.165, 1.54) is 11.3 Å². The molecule has 1 aromatic carbocycles. The van der Waals surface area contributed by atoms with Gasteiger partial charge in [0, 0.05) is 36.6 Å². The van der Waals surface area contributed by atoms with Gasteiger partial charge >= 0.3 is 0 Å². The van der Waals surface area contributed by atoms with E-state index >= 15 is 0 Å². The van der Waals surface area contributed by atoms with Crippen LogP contribution in [0.2, 0.25) is 0 Å². The summed E-state index contributed by atoms with van der Waals surface area (Å²) >= 11 is 0. The highest BCUT2D eigenvalue weighted by Gasteiger charge is 2.03. The third-order valence-corrected chi connectivity index (χ3v) is 3.85. The molecule has 2 N–H and O–H groups in total. The number of rotatable bonds is 10. The van der Waals surface area contributed by atoms with Crippen LogP contribution in [0.15, 0.2) is 36.5 Å². The lowest BCUT2D eigenvalue weighted by Gasteiger charge is -2.21. The third kappa shape index (κ3) is 7.51. The fourth-order valence-corrected chi connectivity index (χ4v) is 2.15. The van der Waals surface area contributed by atoms with Crippen molar-refractivity contribution in [2.45, 2.75) is 52.6 Å². The molecule has 0 amide bonds. The van der Waals surface area contributed by atoms with Crippen molar-refractivity contribution in [1.82, 2.24) is 10.2 Å². The lowest BCUT2D eigenvalue weighted by atomic mass is 10.1. The van der Waals surface area contributed by atoms with E-state index in [4.69, 9.17) is 0 Å². The van der Waals surface area contributed by atoms with Crippen LogP contribution in [0.25, 0.3) is 0 Å². The maximum Gasteiger partial charge on any atom is 0.0342 e. The van der Waals surface area contributed by atoms with E-state index in [2.05, 4.69) is 81.1 Å². The molecule has 0 aromatic heterocycles. The highest BCUT2D eigenvalue weighted by molar-refractivity contribution is 5.45. The molecule has 124 valence electrons. The Morgan fingerprint density at radius 3 is 2.32 bits per heavy atom. The highest BCUT2D eigenvalue weighted by atomic mass is 15.1. The molecule has 0 unspecified atom stereocenters. The van der Waals surface area contributed by atoms with Crippen LogP contribution in [-0.2, 0) is 6.42 Å². The smallest absolute Gasteiger partial charge is 0.0342 e. The summed E-state index contributed by atoms with van der Waals surface area (Å²) in [4.78, 5) is 2.33. The van der Waals surface area contributed by atoms with Crippen molar-refractivity contribution in [3.05, 3.63) is 42.1 Å². The van der Waals surface area contributed by atoms with Crippen molar-refractivity contribution in [2.24, 2.45) is 0 Å². The summed E-state index contributed by atoms with van der Waals surface area (Å²) in [5.41, 5.74) is 3.67. The minimum absolute atomic E-state index is 0.471. The fourth-order valence-electron chi connectivity index (χ4n) is 2.15. The van der Waals surface area contributed by atoms with E-state index in [1.54, 1.807) is 0 Å². The van der Waals surface area contributed by atoms with Crippen LogP contribution in [0.4, 0.5) is 5.69 Å². The second-order valence-corrected chi connectivity index (χ2v) is 6.60. The standard InChI is InChI=1S/C19H33N3/c1-15(2)21-19-11-9-18(10-12-19)8-7-17(5)20-13-14-22(6)16(3)4/h9-12,15-16,20-21H,5,7-8,13-14H2,1-4,6H3. The zero-order chi connectivity index (χ0) is 16.5. The van der Waals surface area contributed by atoms with E-state index in [0.717, 1.165) is 31.6 Å². The first-order valence-electron chi connectivity index (χ1n) is 8.36. The molecule has 0 spiro atoms. The van der Waals surface area contributed by atoms with Gasteiger partial charge < -0.3 is 15.5 Å². The average molecular weight is 303 g/mol. The number of benzene rings is 1. The Bertz CT molecular complexity index is 434. The number of nitrogens with one attached hydrogen (secondary N) is 2. The molecule has 0 aliphatic heterocycles. The van der Waals surface area contributed by atoms with Crippen LogP contribution in [0.1, 0.15) is 39.7 Å². The number of likely N-dealkylation sites (N-methyl/N-ethyl adjacent to an activating group) is 1. The van der Waals surface area contributed by atoms with Gasteiger partial charge in [-0.05, 0) is 65.3 Å². The molecule has 0 aliphatic rings. The molecule has 1 rings (SSSR count). The Morgan fingerprint density at radius 1 is 1.14 bits per heavy atom. The van der Waals surface area contributed by atoms with Crippen LogP contribution < -0.4 is 10.6 Å². The van der Waals surface area contributed by atoms with Gasteiger partial charge in [-0.15, -0.1) is 0 Å². The molecule has 0 fully saturated rings. The zero-order valence-corrected chi connectivity index (χ0v) is 14.9. The Hall–Kier alpha value is -1.48. The molecule has 0 aliphatic carbocycles. The lowest BCUT2D eigenvalue weighted by molar-refractivity contribution is 0.276. The SMILES string of the molecule is C=C(CCc1ccc(NC(C)C)cc1)NCCN(C)C(C)C. The third-order valence-electron chi connectivity index (χ3n) is 3.85. The van der Waals surface area contributed by atoms with Crippen LogP contribution in [0.5, 0.6) is 0 Å². The van der Waals surface area contributed by atoms with Gasteiger partial charge in [-0.2, -0.15) is 0 Å². The molecule has 3 heteroatoms. The number of aryl methyl sites for hydroxylation is 1. The van der Waals surface area contributed by atoms with Gasteiger partial charge in [0.05, 0.1) is 0 Å². The summed E-state index contributed by atoms with van der Waals surface area (Å²) < 4.78 is 0. The van der Waals surface area contributed by atoms with Crippen molar-refractivity contribution in [3.63, 3.8) is 0 Å². The molecule has 1 aromatic rings. The second-order valence-electron chi connectivity index (χ2n) is 6.60. The normalized spacial score (nSPS) is 11.3. The molecule has 0 bridgehead atoms. The predicted molar refractivity (Wildman–Crippen MR) is 98.4 cm³/mol. The quantitative estimate of drug-likeness (QED) is 0.687. The molecule has 3 nitrogen and oxygen atoms in total. The van der Waals surface area contributed by atoms with E-state index in [-0.39, 0.29) is 0 Å². The molecule has 0 radical (unpaired) electrons. The van der Waals surface area contributed by atoms with Gasteiger partial charge in [0.25, 0.3) is 0 Å². The topological polar surface area (TPSA) is 27.3 Å². The molecule has 0 saturated carbocycles. The molecular formula is C19H33N3. The molecular weight excluding hydrogens is 270 g/mol. The second kappa shape index (κ2) is 9.52. The maximum absolute atomic E-state index is 4.13. The van der Waals surface area contributed by atoms with Crippen molar-refractivity contribution < 1.29 is 0 Å². The minimum Gasteiger partial charge on any atom is -0.388 e. The monoisotopic (exact) mass is 303 g/mol. The van der Waals surface area contributed by atoms with E-state index in [0.29, 0.717) is 12.1 Å². The summed E-state index contributed by atoms with van der Waals surface area (Å²) in [7, 11) is 2.15. The Kier molecular flexibility index (Phi) is 8.03. The average Bonchev–Trinajstić information content (AvgIpc) is 2.45. The van der Waals surface area contributed by atoms with Gasteiger partial charge in [0.15, 0.2) is 0 Å². The number of hydrogen-bond donors (Lipinski definition) is 2. The first-order chi connectivity index (χ1) is 10.4. The van der Waals surface area contributed by atoms with Gasteiger partial charge in [-0.1, -0.05) is 18.7 Å². The number of anilines is 1. The highest BCUT2D eigenvalue weighted by Crippen LogP contribution is 2.13. The first-order valence-corrected chi connectivity index (χ1v) is 8.36. The summed E-state index contributed by atoms with van der Waals surface area (Å²) in [5, 5.41) is 6.84. The van der Waals surface area contributed by atoms with Crippen LogP contribution in [-0.4, -0.2) is 37.1 Å². The Labute approximate surface area is 136 Å². The van der Waals surface area contributed by atoms with Crippen LogP contribution in [0, 0.1) is 0 Å². The zero-order valence-electron chi connectivity index (χ0n) is 14.9. The van der Waals surface area contributed by atoms with Crippen molar-refractivity contribution >= 4 is 5.69 Å². The number of hydrogen-bond acceptors (Lipinski definition) is 3. The van der Waals surface area contributed by atoms with Gasteiger partial charge in [-0.25, -0.2) is 0 Å². The van der Waals surface area contributed by atoms with Crippen molar-refractivity contribution in [2.75, 3.05) is 25.5 Å². The predicted octanol–water partition coefficient (Wildman–Crippen LogP) is 3.88. The summed E-state index contributed by atoms with van der Waals surface area (Å²) in [6, 6.07) is 9.77. The fraction of sp³-hybridized carbons (Fsp3) is 0.579. The molecule has 0 saturated heterocycles. The van der Waals surface area contributed by atoms with Gasteiger partial charge in [0.1, 0.15) is 0 Å². The Balaban J connectivity index is 2.26. The van der Waals surface area contributed by atoms with Crippen LogP contribution >= 0.6 is 0 Å². The Morgan fingerprint density at radius 2 is 1.77 bits per heavy atom. The van der Waals surface area contributed by atoms with Crippen molar-refractivity contribution in [1.29, 1.82) is 0 Å². The molecule has 0 atom stereocenters. The minimum atomic E-state index is 0.471. The molecule has 22 heavy (non-hydrogen) atoms. The largest absolute Gasteiger partial charge is 0.388 e. The van der Waals surface area contributed by atoms with E-state index in [1.807, 2.05) is 0 Å². The van der Waals surface area contributed by atoms with Gasteiger partial charge in [0.2, 0.25) is 0 Å². The van der Waals surface area contributed by atoms with Crippen molar-refractivity contribution in [3.8, 4) is 0 Å². The molecule has 0 heterocycles. The number of allylic oxidation sites excluding steroid dienone is 1. The van der Waals surface area contributed by atoms with Gasteiger partial charge in [-0.3, -0.25) is 0 Å². The number of nitrogens with zero attached hydrogens (tertiary/aromatic N) is 1. The maximum atomic E-state index is 4.13. The first kappa shape index (κ1) is 18.6. The van der Waals surface area contributed by atoms with E-state index < -0.39 is 0 Å². The van der Waals surface area contributed by atoms with E-state index in [9.17, 15) is 0 Å². The van der Waals surface area contributed by atoms with Crippen LogP contribution in [0.3, 0.4) is 0 Å². The summed E-state index contributed by atoms with van der Waals surface area (Å²) in [5.74, 6) is 0. The summed E-state index contributed by atoms with van der Waals surface area (Å²) in [6.07, 6.45) is 2.02. The summed E-state index contributed by atoms with van der Waals surface area (Å²) in [6.45, 7) is 14.9. The lowest BCUT2D eigenvalue weighted by Crippen LogP contribution is -2.33.